The van der Waals surface area contributed by atoms with Gasteiger partial charge < -0.3 is 10.4 Å². The van der Waals surface area contributed by atoms with E-state index >= 15 is 0 Å². The second-order valence-corrected chi connectivity index (χ2v) is 3.91. The lowest BCUT2D eigenvalue weighted by molar-refractivity contribution is -0.143. The fourth-order valence-corrected chi connectivity index (χ4v) is 2.07. The molecule has 0 saturated heterocycles. The molecular weight excluding hydrogens is 182 g/mol. The Morgan fingerprint density at radius 1 is 1.29 bits per heavy atom. The maximum Gasteiger partial charge on any atom is 0.326 e. The summed E-state index contributed by atoms with van der Waals surface area (Å²) in [6, 6.07) is -0.687. The van der Waals surface area contributed by atoms with Crippen molar-refractivity contribution in [3.8, 4) is 0 Å². The number of hydrogen-bond acceptors (Lipinski definition) is 2. The molecule has 1 fully saturated rings. The van der Waals surface area contributed by atoms with E-state index in [-0.39, 0.29) is 11.8 Å². The fourth-order valence-electron chi connectivity index (χ4n) is 2.07. The van der Waals surface area contributed by atoms with E-state index in [0.29, 0.717) is 0 Å². The van der Waals surface area contributed by atoms with E-state index in [1.807, 2.05) is 0 Å². The van der Waals surface area contributed by atoms with Crippen LogP contribution < -0.4 is 5.32 Å². The molecule has 1 rings (SSSR count). The van der Waals surface area contributed by atoms with Crippen molar-refractivity contribution in [1.82, 2.24) is 5.32 Å². The molecular formula is C10H17NO3. The summed E-state index contributed by atoms with van der Waals surface area (Å²) in [4.78, 5) is 21.7. The first-order chi connectivity index (χ1) is 6.61. The largest absolute Gasteiger partial charge is 0.480 e. The van der Waals surface area contributed by atoms with E-state index in [9.17, 15) is 9.59 Å². The molecule has 4 heteroatoms. The third-order valence-electron chi connectivity index (χ3n) is 2.75. The van der Waals surface area contributed by atoms with E-state index in [4.69, 9.17) is 5.11 Å². The Morgan fingerprint density at radius 3 is 2.29 bits per heavy atom. The number of hydrogen-bond donors (Lipinski definition) is 2. The Bertz CT molecular complexity index is 221. The molecule has 1 atom stereocenters. The molecule has 80 valence electrons. The molecule has 1 amide bonds. The van der Waals surface area contributed by atoms with Gasteiger partial charge >= 0.3 is 5.97 Å². The first-order valence-electron chi connectivity index (χ1n) is 5.11. The van der Waals surface area contributed by atoms with Crippen LogP contribution in [-0.2, 0) is 9.59 Å². The monoisotopic (exact) mass is 199 g/mol. The molecule has 1 unspecified atom stereocenters. The molecule has 1 saturated carbocycles. The molecule has 0 bridgehead atoms. The Labute approximate surface area is 83.7 Å². The SMILES string of the molecule is CC(=O)NC(C(=O)O)C1CCCCC1. The zero-order valence-electron chi connectivity index (χ0n) is 8.45. The normalized spacial score (nSPS) is 20.1. The molecule has 1 aliphatic carbocycles. The molecule has 0 aromatic heterocycles. The number of nitrogens with one attached hydrogen (secondary N) is 1. The van der Waals surface area contributed by atoms with Gasteiger partial charge in [0.15, 0.2) is 0 Å². The summed E-state index contributed by atoms with van der Waals surface area (Å²) in [5.41, 5.74) is 0. The fraction of sp³-hybridized carbons (Fsp3) is 0.800. The number of aliphatic carboxylic acids is 1. The van der Waals surface area contributed by atoms with Gasteiger partial charge in [-0.2, -0.15) is 0 Å². The highest BCUT2D eigenvalue weighted by atomic mass is 16.4. The van der Waals surface area contributed by atoms with Crippen LogP contribution in [0.3, 0.4) is 0 Å². The second kappa shape index (κ2) is 4.98. The van der Waals surface area contributed by atoms with Gasteiger partial charge in [-0.15, -0.1) is 0 Å². The van der Waals surface area contributed by atoms with Gasteiger partial charge in [-0.05, 0) is 18.8 Å². The van der Waals surface area contributed by atoms with Crippen LogP contribution in [0, 0.1) is 5.92 Å². The van der Waals surface area contributed by atoms with Gasteiger partial charge in [0.25, 0.3) is 0 Å². The summed E-state index contributed by atoms with van der Waals surface area (Å²) in [7, 11) is 0. The van der Waals surface area contributed by atoms with Crippen LogP contribution in [0.5, 0.6) is 0 Å². The maximum atomic E-state index is 10.9. The summed E-state index contributed by atoms with van der Waals surface area (Å²) < 4.78 is 0. The molecule has 4 nitrogen and oxygen atoms in total. The Balaban J connectivity index is 2.56. The van der Waals surface area contributed by atoms with Gasteiger partial charge in [-0.3, -0.25) is 4.79 Å². The lowest BCUT2D eigenvalue weighted by Gasteiger charge is -2.27. The summed E-state index contributed by atoms with van der Waals surface area (Å²) in [6.45, 7) is 1.36. The molecule has 0 spiro atoms. The molecule has 0 aromatic rings. The predicted octanol–water partition coefficient (Wildman–Crippen LogP) is 1.16. The van der Waals surface area contributed by atoms with Crippen molar-refractivity contribution in [3.63, 3.8) is 0 Å². The van der Waals surface area contributed by atoms with Gasteiger partial charge in [0.1, 0.15) is 6.04 Å². The third-order valence-corrected chi connectivity index (χ3v) is 2.75. The van der Waals surface area contributed by atoms with Crippen LogP contribution in [0.4, 0.5) is 0 Å². The molecule has 14 heavy (non-hydrogen) atoms. The molecule has 0 radical (unpaired) electrons. The number of amides is 1. The highest BCUT2D eigenvalue weighted by molar-refractivity contribution is 5.82. The quantitative estimate of drug-likeness (QED) is 0.716. The van der Waals surface area contributed by atoms with E-state index in [1.54, 1.807) is 0 Å². The van der Waals surface area contributed by atoms with E-state index in [1.165, 1.54) is 13.3 Å². The van der Waals surface area contributed by atoms with Gasteiger partial charge in [0, 0.05) is 6.92 Å². The van der Waals surface area contributed by atoms with Gasteiger partial charge in [0.2, 0.25) is 5.91 Å². The number of carboxylic acid groups (broad SMARTS) is 1. The van der Waals surface area contributed by atoms with Crippen LogP contribution in [-0.4, -0.2) is 23.0 Å². The summed E-state index contributed by atoms with van der Waals surface area (Å²) in [5.74, 6) is -1.06. The van der Waals surface area contributed by atoms with Crippen LogP contribution >= 0.6 is 0 Å². The van der Waals surface area contributed by atoms with Crippen molar-refractivity contribution in [1.29, 1.82) is 0 Å². The molecule has 0 heterocycles. The zero-order valence-corrected chi connectivity index (χ0v) is 8.45. The molecule has 0 aromatic carbocycles. The van der Waals surface area contributed by atoms with Crippen molar-refractivity contribution < 1.29 is 14.7 Å². The van der Waals surface area contributed by atoms with Crippen molar-refractivity contribution in [2.45, 2.75) is 45.1 Å². The van der Waals surface area contributed by atoms with Crippen LogP contribution in [0.1, 0.15) is 39.0 Å². The minimum absolute atomic E-state index is 0.116. The summed E-state index contributed by atoms with van der Waals surface area (Å²) in [5, 5.41) is 11.5. The van der Waals surface area contributed by atoms with Crippen LogP contribution in [0.25, 0.3) is 0 Å². The Kier molecular flexibility index (Phi) is 3.92. The van der Waals surface area contributed by atoms with Crippen LogP contribution in [0.2, 0.25) is 0 Å². The molecule has 2 N–H and O–H groups in total. The van der Waals surface area contributed by atoms with Crippen molar-refractivity contribution in [2.24, 2.45) is 5.92 Å². The minimum Gasteiger partial charge on any atom is -0.480 e. The lowest BCUT2D eigenvalue weighted by atomic mass is 9.84. The smallest absolute Gasteiger partial charge is 0.326 e. The highest BCUT2D eigenvalue weighted by Gasteiger charge is 2.29. The average molecular weight is 199 g/mol. The maximum absolute atomic E-state index is 10.9. The van der Waals surface area contributed by atoms with Crippen molar-refractivity contribution in [2.75, 3.05) is 0 Å². The Morgan fingerprint density at radius 2 is 1.86 bits per heavy atom. The van der Waals surface area contributed by atoms with Gasteiger partial charge in [-0.25, -0.2) is 4.79 Å². The summed E-state index contributed by atoms with van der Waals surface area (Å²) in [6.07, 6.45) is 5.17. The third kappa shape index (κ3) is 3.01. The lowest BCUT2D eigenvalue weighted by Crippen LogP contribution is -2.45. The first kappa shape index (κ1) is 11.0. The zero-order chi connectivity index (χ0) is 10.6. The predicted molar refractivity (Wildman–Crippen MR) is 51.8 cm³/mol. The molecule has 1 aliphatic rings. The van der Waals surface area contributed by atoms with Crippen LogP contribution in [0.15, 0.2) is 0 Å². The number of carbonyl (C=O) groups is 2. The standard InChI is InChI=1S/C10H17NO3/c1-7(12)11-9(10(13)14)8-5-3-2-4-6-8/h8-9H,2-6H2,1H3,(H,11,12)(H,13,14). The van der Waals surface area contributed by atoms with Gasteiger partial charge in [-0.1, -0.05) is 19.3 Å². The second-order valence-electron chi connectivity index (χ2n) is 3.91. The number of carboxylic acids is 1. The minimum atomic E-state index is -0.910. The van der Waals surface area contributed by atoms with Gasteiger partial charge in [0.05, 0.1) is 0 Å². The van der Waals surface area contributed by atoms with E-state index < -0.39 is 12.0 Å². The highest BCUT2D eigenvalue weighted by Crippen LogP contribution is 2.26. The molecule has 0 aliphatic heterocycles. The average Bonchev–Trinajstić information content (AvgIpc) is 2.15. The number of rotatable bonds is 3. The van der Waals surface area contributed by atoms with E-state index in [2.05, 4.69) is 5.32 Å². The number of carbonyl (C=O) groups excluding carboxylic acids is 1. The summed E-state index contributed by atoms with van der Waals surface area (Å²) >= 11 is 0. The van der Waals surface area contributed by atoms with E-state index in [0.717, 1.165) is 25.7 Å². The first-order valence-corrected chi connectivity index (χ1v) is 5.11. The van der Waals surface area contributed by atoms with Crippen molar-refractivity contribution >= 4 is 11.9 Å². The van der Waals surface area contributed by atoms with Crippen molar-refractivity contribution in [3.05, 3.63) is 0 Å². The Hall–Kier alpha value is -1.06. The topological polar surface area (TPSA) is 66.4 Å².